The number of fused-ring (bicyclic) bond motifs is 1. The number of carbonyl (C=O) groups is 1. The van der Waals surface area contributed by atoms with Crippen LogP contribution in [0.4, 0.5) is 5.69 Å². The topological polar surface area (TPSA) is 82.6 Å². The number of nitrogens with one attached hydrogen (secondary N) is 1. The van der Waals surface area contributed by atoms with E-state index in [1.165, 1.54) is 21.3 Å². The molecule has 0 aliphatic rings. The first kappa shape index (κ1) is 16.5. The average Bonchev–Trinajstić information content (AvgIpc) is 2.66. The van der Waals surface area contributed by atoms with E-state index in [0.29, 0.717) is 34.0 Å². The minimum atomic E-state index is -0.276. The molecule has 128 valence electrons. The minimum Gasteiger partial charge on any atom is -0.493 e. The van der Waals surface area contributed by atoms with Crippen LogP contribution < -0.4 is 19.5 Å². The second kappa shape index (κ2) is 7.04. The van der Waals surface area contributed by atoms with Crippen LogP contribution >= 0.6 is 0 Å². The Kier molecular flexibility index (Phi) is 4.65. The largest absolute Gasteiger partial charge is 0.493 e. The summed E-state index contributed by atoms with van der Waals surface area (Å²) in [4.78, 5) is 20.9. The predicted octanol–water partition coefficient (Wildman–Crippen LogP) is 2.91. The number of methoxy groups -OCH3 is 3. The molecule has 0 fully saturated rings. The molecule has 0 aliphatic carbocycles. The zero-order valence-corrected chi connectivity index (χ0v) is 14.1. The third-order valence-electron chi connectivity index (χ3n) is 3.65. The maximum absolute atomic E-state index is 12.5. The Labute approximate surface area is 144 Å². The molecular weight excluding hydrogens is 322 g/mol. The fourth-order valence-electron chi connectivity index (χ4n) is 2.46. The van der Waals surface area contributed by atoms with E-state index < -0.39 is 0 Å². The van der Waals surface area contributed by atoms with Gasteiger partial charge >= 0.3 is 0 Å². The molecule has 3 aromatic rings. The molecule has 0 spiro atoms. The SMILES string of the molecule is COc1cc(NC(=O)c2ccc3nccnc3c2)cc(OC)c1OC. The summed E-state index contributed by atoms with van der Waals surface area (Å²) in [6, 6.07) is 8.48. The molecule has 1 aromatic heterocycles. The lowest BCUT2D eigenvalue weighted by atomic mass is 10.1. The molecule has 0 radical (unpaired) electrons. The number of hydrogen-bond donors (Lipinski definition) is 1. The smallest absolute Gasteiger partial charge is 0.255 e. The molecule has 0 saturated carbocycles. The molecule has 0 saturated heterocycles. The van der Waals surface area contributed by atoms with Crippen molar-refractivity contribution >= 4 is 22.6 Å². The van der Waals surface area contributed by atoms with Crippen molar-refractivity contribution in [3.63, 3.8) is 0 Å². The predicted molar refractivity (Wildman–Crippen MR) is 93.6 cm³/mol. The van der Waals surface area contributed by atoms with E-state index in [-0.39, 0.29) is 5.91 Å². The highest BCUT2D eigenvalue weighted by Gasteiger charge is 2.15. The van der Waals surface area contributed by atoms with Crippen molar-refractivity contribution in [2.45, 2.75) is 0 Å². The fourth-order valence-corrected chi connectivity index (χ4v) is 2.46. The highest BCUT2D eigenvalue weighted by atomic mass is 16.5. The van der Waals surface area contributed by atoms with Gasteiger partial charge in [-0.05, 0) is 18.2 Å². The summed E-state index contributed by atoms with van der Waals surface area (Å²) >= 11 is 0. The van der Waals surface area contributed by atoms with Gasteiger partial charge < -0.3 is 19.5 Å². The molecule has 7 heteroatoms. The zero-order chi connectivity index (χ0) is 17.8. The molecular formula is C18H17N3O4. The Morgan fingerprint density at radius 1 is 0.880 bits per heavy atom. The second-order valence-electron chi connectivity index (χ2n) is 5.13. The van der Waals surface area contributed by atoms with E-state index in [4.69, 9.17) is 14.2 Å². The molecule has 0 aliphatic heterocycles. The van der Waals surface area contributed by atoms with Crippen molar-refractivity contribution in [3.05, 3.63) is 48.3 Å². The lowest BCUT2D eigenvalue weighted by Crippen LogP contribution is -2.12. The van der Waals surface area contributed by atoms with Crippen molar-refractivity contribution in [1.82, 2.24) is 9.97 Å². The first-order valence-electron chi connectivity index (χ1n) is 7.48. The monoisotopic (exact) mass is 339 g/mol. The van der Waals surface area contributed by atoms with Crippen LogP contribution in [-0.4, -0.2) is 37.2 Å². The summed E-state index contributed by atoms with van der Waals surface area (Å²) in [5.41, 5.74) is 2.38. The van der Waals surface area contributed by atoms with Crippen LogP contribution in [0.25, 0.3) is 11.0 Å². The van der Waals surface area contributed by atoms with Crippen molar-refractivity contribution in [1.29, 1.82) is 0 Å². The number of carbonyl (C=O) groups excluding carboxylic acids is 1. The quantitative estimate of drug-likeness (QED) is 0.769. The van der Waals surface area contributed by atoms with Crippen LogP contribution in [0.15, 0.2) is 42.7 Å². The van der Waals surface area contributed by atoms with Gasteiger partial charge in [0.25, 0.3) is 5.91 Å². The number of benzene rings is 2. The van der Waals surface area contributed by atoms with E-state index in [9.17, 15) is 4.79 Å². The van der Waals surface area contributed by atoms with Crippen LogP contribution in [0.1, 0.15) is 10.4 Å². The number of nitrogens with zero attached hydrogens (tertiary/aromatic N) is 2. The van der Waals surface area contributed by atoms with Gasteiger partial charge in [0.05, 0.1) is 32.4 Å². The van der Waals surface area contributed by atoms with Crippen molar-refractivity contribution in [3.8, 4) is 17.2 Å². The third-order valence-corrected chi connectivity index (χ3v) is 3.65. The molecule has 0 atom stereocenters. The fraction of sp³-hybridized carbons (Fsp3) is 0.167. The Balaban J connectivity index is 1.91. The first-order chi connectivity index (χ1) is 12.2. The zero-order valence-electron chi connectivity index (χ0n) is 14.1. The first-order valence-corrected chi connectivity index (χ1v) is 7.48. The Hall–Kier alpha value is -3.35. The summed E-state index contributed by atoms with van der Waals surface area (Å²) in [5, 5.41) is 2.82. The van der Waals surface area contributed by atoms with Crippen LogP contribution in [0.2, 0.25) is 0 Å². The van der Waals surface area contributed by atoms with E-state index >= 15 is 0 Å². The van der Waals surface area contributed by atoms with Crippen LogP contribution in [-0.2, 0) is 0 Å². The van der Waals surface area contributed by atoms with Gasteiger partial charge in [0.15, 0.2) is 11.5 Å². The van der Waals surface area contributed by atoms with Gasteiger partial charge in [-0.3, -0.25) is 14.8 Å². The number of amides is 1. The minimum absolute atomic E-state index is 0.276. The Morgan fingerprint density at radius 3 is 2.12 bits per heavy atom. The molecule has 0 bridgehead atoms. The van der Waals surface area contributed by atoms with Gasteiger partial charge in [0.1, 0.15) is 0 Å². The van der Waals surface area contributed by atoms with Crippen LogP contribution in [0.3, 0.4) is 0 Å². The summed E-state index contributed by atoms with van der Waals surface area (Å²) in [7, 11) is 4.56. The number of anilines is 1. The van der Waals surface area contributed by atoms with E-state index in [1.54, 1.807) is 42.7 Å². The summed E-state index contributed by atoms with van der Waals surface area (Å²) in [6.07, 6.45) is 3.20. The van der Waals surface area contributed by atoms with Crippen molar-refractivity contribution in [2.24, 2.45) is 0 Å². The van der Waals surface area contributed by atoms with Crippen LogP contribution in [0.5, 0.6) is 17.2 Å². The average molecular weight is 339 g/mol. The van der Waals surface area contributed by atoms with Crippen molar-refractivity contribution < 1.29 is 19.0 Å². The van der Waals surface area contributed by atoms with E-state index in [1.807, 2.05) is 0 Å². The molecule has 1 heterocycles. The van der Waals surface area contributed by atoms with E-state index in [0.717, 1.165) is 5.52 Å². The second-order valence-corrected chi connectivity index (χ2v) is 5.13. The highest BCUT2D eigenvalue weighted by Crippen LogP contribution is 2.40. The Morgan fingerprint density at radius 2 is 1.52 bits per heavy atom. The van der Waals surface area contributed by atoms with Gasteiger partial charge in [-0.2, -0.15) is 0 Å². The van der Waals surface area contributed by atoms with Gasteiger partial charge in [0.2, 0.25) is 5.75 Å². The van der Waals surface area contributed by atoms with Crippen LogP contribution in [0, 0.1) is 0 Å². The molecule has 25 heavy (non-hydrogen) atoms. The molecule has 0 unspecified atom stereocenters. The molecule has 2 aromatic carbocycles. The molecule has 3 rings (SSSR count). The summed E-state index contributed by atoms with van der Waals surface area (Å²) in [5.74, 6) is 1.11. The maximum Gasteiger partial charge on any atom is 0.255 e. The number of aromatic nitrogens is 2. The number of rotatable bonds is 5. The Bertz CT molecular complexity index is 902. The standard InChI is InChI=1S/C18H17N3O4/c1-23-15-9-12(10-16(24-2)17(15)25-3)21-18(22)11-4-5-13-14(8-11)20-7-6-19-13/h4-10H,1-3H3,(H,21,22). The third kappa shape index (κ3) is 3.30. The van der Waals surface area contributed by atoms with Gasteiger partial charge in [-0.15, -0.1) is 0 Å². The molecule has 7 nitrogen and oxygen atoms in total. The summed E-state index contributed by atoms with van der Waals surface area (Å²) in [6.45, 7) is 0. The number of hydrogen-bond acceptors (Lipinski definition) is 6. The normalized spacial score (nSPS) is 10.4. The van der Waals surface area contributed by atoms with Gasteiger partial charge in [-0.1, -0.05) is 0 Å². The molecule has 1 amide bonds. The highest BCUT2D eigenvalue weighted by molar-refractivity contribution is 6.06. The van der Waals surface area contributed by atoms with E-state index in [2.05, 4.69) is 15.3 Å². The lowest BCUT2D eigenvalue weighted by Gasteiger charge is -2.14. The lowest BCUT2D eigenvalue weighted by molar-refractivity contribution is 0.102. The maximum atomic E-state index is 12.5. The van der Waals surface area contributed by atoms with Crippen molar-refractivity contribution in [2.75, 3.05) is 26.6 Å². The number of ether oxygens (including phenoxy) is 3. The molecule has 1 N–H and O–H groups in total. The van der Waals surface area contributed by atoms with Gasteiger partial charge in [-0.25, -0.2) is 0 Å². The summed E-state index contributed by atoms with van der Waals surface area (Å²) < 4.78 is 15.9. The van der Waals surface area contributed by atoms with Gasteiger partial charge in [0, 0.05) is 35.8 Å².